The minimum absolute atomic E-state index is 0.168. The number of hydrogen-bond donors (Lipinski definition) is 0. The molecular weight excluding hydrogens is 492 g/mol. The molecule has 0 aliphatic heterocycles. The van der Waals surface area contributed by atoms with Gasteiger partial charge >= 0.3 is 0 Å². The number of aryl methyl sites for hydroxylation is 1. The Labute approximate surface area is 219 Å². The Hall–Kier alpha value is -3.30. The molecule has 0 unspecified atom stereocenters. The lowest BCUT2D eigenvalue weighted by molar-refractivity contribution is -0.132. The molecule has 3 rings (SSSR count). The van der Waals surface area contributed by atoms with Gasteiger partial charge in [-0.15, -0.1) is 0 Å². The predicted molar refractivity (Wildman–Crippen MR) is 142 cm³/mol. The first-order chi connectivity index (χ1) is 17.7. The fourth-order valence-corrected chi connectivity index (χ4v) is 5.67. The van der Waals surface area contributed by atoms with Crippen LogP contribution in [-0.4, -0.2) is 56.9 Å². The molecule has 2 aromatic carbocycles. The third-order valence-corrected chi connectivity index (χ3v) is 8.31. The van der Waals surface area contributed by atoms with Gasteiger partial charge in [-0.2, -0.15) is 4.31 Å². The number of ether oxygens (including phenoxy) is 2. The molecular formula is C28H36N2O6S. The molecule has 8 nitrogen and oxygen atoms in total. The molecule has 1 aromatic heterocycles. The first kappa shape index (κ1) is 28.3. The van der Waals surface area contributed by atoms with Crippen molar-refractivity contribution in [2.45, 2.75) is 51.1 Å². The van der Waals surface area contributed by atoms with Gasteiger partial charge < -0.3 is 18.8 Å². The van der Waals surface area contributed by atoms with E-state index >= 15 is 0 Å². The average Bonchev–Trinajstić information content (AvgIpc) is 3.33. The summed E-state index contributed by atoms with van der Waals surface area (Å²) in [5.74, 6) is 2.32. The molecule has 0 radical (unpaired) electrons. The van der Waals surface area contributed by atoms with E-state index in [1.54, 1.807) is 49.5 Å². The zero-order chi connectivity index (χ0) is 27.0. The normalized spacial score (nSPS) is 12.4. The van der Waals surface area contributed by atoms with Gasteiger partial charge in [0, 0.05) is 12.6 Å². The number of carbonyl (C=O) groups excluding carboxylic acids is 1. The number of hydrogen-bond acceptors (Lipinski definition) is 6. The van der Waals surface area contributed by atoms with Crippen molar-refractivity contribution >= 4 is 15.9 Å². The van der Waals surface area contributed by atoms with E-state index in [2.05, 4.69) is 0 Å². The first-order valence-corrected chi connectivity index (χ1v) is 13.7. The lowest BCUT2D eigenvalue weighted by Gasteiger charge is -2.30. The van der Waals surface area contributed by atoms with Gasteiger partial charge in [-0.1, -0.05) is 31.2 Å². The van der Waals surface area contributed by atoms with Gasteiger partial charge in [0.25, 0.3) is 0 Å². The van der Waals surface area contributed by atoms with Gasteiger partial charge in [-0.3, -0.25) is 4.79 Å². The van der Waals surface area contributed by atoms with Crippen molar-refractivity contribution in [3.63, 3.8) is 0 Å². The molecule has 0 saturated heterocycles. The molecule has 200 valence electrons. The van der Waals surface area contributed by atoms with Crippen molar-refractivity contribution in [3.8, 4) is 11.5 Å². The molecule has 0 spiro atoms. The first-order valence-electron chi connectivity index (χ1n) is 12.3. The highest BCUT2D eigenvalue weighted by atomic mass is 32.2. The summed E-state index contributed by atoms with van der Waals surface area (Å²) >= 11 is 0. The Kier molecular flexibility index (Phi) is 9.77. The second-order valence-electron chi connectivity index (χ2n) is 8.89. The van der Waals surface area contributed by atoms with Gasteiger partial charge in [0.1, 0.15) is 11.5 Å². The smallest absolute Gasteiger partial charge is 0.243 e. The van der Waals surface area contributed by atoms with Crippen LogP contribution in [0.2, 0.25) is 0 Å². The highest BCUT2D eigenvalue weighted by Crippen LogP contribution is 2.28. The van der Waals surface area contributed by atoms with Crippen LogP contribution in [0, 0.1) is 6.92 Å². The van der Waals surface area contributed by atoms with Gasteiger partial charge in [-0.25, -0.2) is 8.42 Å². The molecule has 3 aromatic rings. The Bertz CT molecular complexity index is 1270. The van der Waals surface area contributed by atoms with E-state index in [1.165, 1.54) is 4.31 Å². The van der Waals surface area contributed by atoms with Crippen LogP contribution < -0.4 is 9.47 Å². The highest BCUT2D eigenvalue weighted by molar-refractivity contribution is 7.89. The molecule has 0 fully saturated rings. The fourth-order valence-electron chi connectivity index (χ4n) is 3.99. The summed E-state index contributed by atoms with van der Waals surface area (Å²) < 4.78 is 44.7. The van der Waals surface area contributed by atoms with E-state index in [-0.39, 0.29) is 29.9 Å². The molecule has 0 bridgehead atoms. The lowest BCUT2D eigenvalue weighted by Crippen LogP contribution is -2.46. The largest absolute Gasteiger partial charge is 0.493 e. The van der Waals surface area contributed by atoms with Crippen molar-refractivity contribution in [2.75, 3.05) is 27.3 Å². The number of methoxy groups -OCH3 is 2. The summed E-state index contributed by atoms with van der Waals surface area (Å²) in [7, 11) is -0.706. The minimum Gasteiger partial charge on any atom is -0.493 e. The van der Waals surface area contributed by atoms with E-state index in [9.17, 15) is 13.2 Å². The molecule has 1 heterocycles. The van der Waals surface area contributed by atoms with E-state index in [4.69, 9.17) is 13.9 Å². The maximum absolute atomic E-state index is 13.6. The van der Waals surface area contributed by atoms with Crippen LogP contribution in [0.4, 0.5) is 0 Å². The van der Waals surface area contributed by atoms with Gasteiger partial charge in [-0.05, 0) is 68.7 Å². The molecule has 0 N–H and O–H groups in total. The van der Waals surface area contributed by atoms with Gasteiger partial charge in [0.2, 0.25) is 15.9 Å². The van der Waals surface area contributed by atoms with Crippen LogP contribution in [0.25, 0.3) is 0 Å². The maximum atomic E-state index is 13.6. The van der Waals surface area contributed by atoms with E-state index in [0.717, 1.165) is 11.3 Å². The summed E-state index contributed by atoms with van der Waals surface area (Å²) in [6.07, 6.45) is 1.11. The van der Waals surface area contributed by atoms with Crippen LogP contribution in [0.5, 0.6) is 11.5 Å². The summed E-state index contributed by atoms with van der Waals surface area (Å²) in [5, 5.41) is 0. The number of amides is 1. The van der Waals surface area contributed by atoms with E-state index in [1.807, 2.05) is 51.1 Å². The van der Waals surface area contributed by atoms with Crippen molar-refractivity contribution in [1.29, 1.82) is 0 Å². The molecule has 1 amide bonds. The van der Waals surface area contributed by atoms with Crippen LogP contribution in [0.3, 0.4) is 0 Å². The number of benzene rings is 2. The molecule has 37 heavy (non-hydrogen) atoms. The molecule has 0 aliphatic rings. The third kappa shape index (κ3) is 7.14. The van der Waals surface area contributed by atoms with Crippen LogP contribution in [0.15, 0.2) is 70.0 Å². The Balaban J connectivity index is 1.85. The average molecular weight is 529 g/mol. The number of nitrogens with zero attached hydrogens (tertiary/aromatic N) is 2. The Morgan fingerprint density at radius 1 is 1.00 bits per heavy atom. The second kappa shape index (κ2) is 12.8. The molecule has 1 atom stereocenters. The van der Waals surface area contributed by atoms with E-state index in [0.29, 0.717) is 36.6 Å². The number of sulfonamides is 1. The summed E-state index contributed by atoms with van der Waals surface area (Å²) in [4.78, 5) is 15.5. The number of carbonyl (C=O) groups is 1. The quantitative estimate of drug-likeness (QED) is 0.320. The van der Waals surface area contributed by atoms with Crippen molar-refractivity contribution in [3.05, 3.63) is 77.7 Å². The zero-order valence-electron chi connectivity index (χ0n) is 22.1. The summed E-state index contributed by atoms with van der Waals surface area (Å²) in [6.45, 7) is 5.91. The molecule has 0 aliphatic carbocycles. The predicted octanol–water partition coefficient (Wildman–Crippen LogP) is 4.67. The topological polar surface area (TPSA) is 89.3 Å². The van der Waals surface area contributed by atoms with Crippen LogP contribution in [-0.2, 0) is 27.8 Å². The monoisotopic (exact) mass is 528 g/mol. The van der Waals surface area contributed by atoms with Crippen molar-refractivity contribution in [1.82, 2.24) is 9.21 Å². The SMILES string of the molecule is CC[C@@H](C)N(CC(=O)N(CCc1ccc(OC)c(OC)c1)Cc1ccc(C)o1)S(=O)(=O)c1ccccc1. The zero-order valence-corrected chi connectivity index (χ0v) is 23.0. The molecule has 0 saturated carbocycles. The van der Waals surface area contributed by atoms with Gasteiger partial charge in [0.05, 0.1) is 32.2 Å². The summed E-state index contributed by atoms with van der Waals surface area (Å²) in [6, 6.07) is 17.2. The van der Waals surface area contributed by atoms with Crippen molar-refractivity contribution < 1.29 is 27.1 Å². The Morgan fingerprint density at radius 2 is 1.70 bits per heavy atom. The fraction of sp³-hybridized carbons (Fsp3) is 0.393. The van der Waals surface area contributed by atoms with Crippen LogP contribution >= 0.6 is 0 Å². The van der Waals surface area contributed by atoms with E-state index < -0.39 is 10.0 Å². The standard InChI is InChI=1S/C28H36N2O6S/c1-6-21(2)30(37(32,33)25-10-8-7-9-11-25)20-28(31)29(19-24-14-12-22(3)36-24)17-16-23-13-15-26(34-4)27(18-23)35-5/h7-15,18,21H,6,16-17,19-20H2,1-5H3/t21-/m1/s1. The third-order valence-electron chi connectivity index (χ3n) is 6.34. The lowest BCUT2D eigenvalue weighted by atomic mass is 10.1. The van der Waals surface area contributed by atoms with Gasteiger partial charge in [0.15, 0.2) is 11.5 Å². The van der Waals surface area contributed by atoms with Crippen molar-refractivity contribution in [2.24, 2.45) is 0 Å². The second-order valence-corrected chi connectivity index (χ2v) is 10.8. The Morgan fingerprint density at radius 3 is 2.30 bits per heavy atom. The number of rotatable bonds is 13. The summed E-state index contributed by atoms with van der Waals surface area (Å²) in [5.41, 5.74) is 0.960. The number of furan rings is 1. The minimum atomic E-state index is -3.86. The maximum Gasteiger partial charge on any atom is 0.243 e. The molecule has 9 heteroatoms. The highest BCUT2D eigenvalue weighted by Gasteiger charge is 2.32. The van der Waals surface area contributed by atoms with Crippen LogP contribution in [0.1, 0.15) is 37.4 Å².